The average molecular weight is 307 g/mol. The number of hydrogen-bond acceptors (Lipinski definition) is 5. The van der Waals surface area contributed by atoms with Crippen LogP contribution in [0, 0.1) is 5.92 Å². The van der Waals surface area contributed by atoms with Crippen LogP contribution in [0.4, 0.5) is 0 Å². The third kappa shape index (κ3) is 4.57. The molecule has 2 aliphatic carbocycles. The first-order valence-electron chi connectivity index (χ1n) is 8.56. The number of carbonyl (C=O) groups excluding carboxylic acids is 1. The second-order valence-corrected chi connectivity index (χ2v) is 6.36. The van der Waals surface area contributed by atoms with Crippen molar-refractivity contribution in [3.8, 4) is 0 Å². The lowest BCUT2D eigenvalue weighted by Crippen LogP contribution is -2.26. The molecule has 0 radical (unpaired) electrons. The Hall–Kier alpha value is -1.36. The molecule has 0 unspecified atom stereocenters. The van der Waals surface area contributed by atoms with E-state index >= 15 is 0 Å². The van der Waals surface area contributed by atoms with E-state index in [2.05, 4.69) is 0 Å². The summed E-state index contributed by atoms with van der Waals surface area (Å²) in [7, 11) is 0. The minimum absolute atomic E-state index is 0.252. The van der Waals surface area contributed by atoms with Gasteiger partial charge in [0.15, 0.2) is 0 Å². The monoisotopic (exact) mass is 307 g/mol. The summed E-state index contributed by atoms with van der Waals surface area (Å²) < 4.78 is 4.99. The first-order valence-corrected chi connectivity index (χ1v) is 8.56. The average Bonchev–Trinajstić information content (AvgIpc) is 2.97. The molecule has 0 atom stereocenters. The van der Waals surface area contributed by atoms with Crippen molar-refractivity contribution < 1.29 is 9.53 Å². The van der Waals surface area contributed by atoms with Crippen LogP contribution < -0.4 is 11.5 Å². The Balaban J connectivity index is 1.89. The maximum absolute atomic E-state index is 11.8. The second kappa shape index (κ2) is 8.32. The molecule has 5 heteroatoms. The number of allylic oxidation sites excluding steroid dienone is 1. The lowest BCUT2D eigenvalue weighted by molar-refractivity contribution is -0.138. The highest BCUT2D eigenvalue weighted by atomic mass is 16.5. The number of ether oxygens (including phenoxy) is 1. The Bertz CT molecular complexity index is 449. The summed E-state index contributed by atoms with van der Waals surface area (Å²) in [6.45, 7) is 2.97. The van der Waals surface area contributed by atoms with Crippen LogP contribution >= 0.6 is 0 Å². The Morgan fingerprint density at radius 3 is 2.68 bits per heavy atom. The molecule has 2 saturated carbocycles. The molecule has 0 aromatic heterocycles. The summed E-state index contributed by atoms with van der Waals surface area (Å²) in [5.41, 5.74) is 14.0. The van der Waals surface area contributed by atoms with Gasteiger partial charge < -0.3 is 16.2 Å². The molecule has 2 fully saturated rings. The number of nitrogens with zero attached hydrogens (tertiary/aromatic N) is 1. The molecule has 0 heterocycles. The minimum Gasteiger partial charge on any atom is -0.461 e. The zero-order valence-corrected chi connectivity index (χ0v) is 13.6. The molecule has 0 aromatic rings. The molecule has 124 valence electrons. The van der Waals surface area contributed by atoms with Crippen LogP contribution in [0.15, 0.2) is 16.3 Å². The first kappa shape index (κ1) is 17.0. The fraction of sp³-hybridized carbons (Fsp3) is 0.765. The van der Waals surface area contributed by atoms with Gasteiger partial charge >= 0.3 is 5.97 Å². The molecule has 2 aliphatic rings. The smallest absolute Gasteiger partial charge is 0.354 e. The minimum atomic E-state index is -0.409. The normalized spacial score (nSPS) is 29.6. The van der Waals surface area contributed by atoms with Gasteiger partial charge in [0.05, 0.1) is 6.61 Å². The highest BCUT2D eigenvalue weighted by Crippen LogP contribution is 2.27. The van der Waals surface area contributed by atoms with Crippen LogP contribution in [0.2, 0.25) is 0 Å². The molecule has 22 heavy (non-hydrogen) atoms. The summed E-state index contributed by atoms with van der Waals surface area (Å²) >= 11 is 0. The standard InChI is InChI=1S/C17H29N3O2/c1-2-22-17(21)16(19)14-4-3-5-15(14)20-11-10-12-6-8-13(18)9-7-12/h12-13H,2-11,18-19H2,1H3/b16-14-,20-15?. The van der Waals surface area contributed by atoms with Gasteiger partial charge in [-0.2, -0.15) is 0 Å². The van der Waals surface area contributed by atoms with Crippen molar-refractivity contribution >= 4 is 11.7 Å². The van der Waals surface area contributed by atoms with Gasteiger partial charge in [-0.05, 0) is 64.2 Å². The summed E-state index contributed by atoms with van der Waals surface area (Å²) in [5.74, 6) is 0.341. The topological polar surface area (TPSA) is 90.7 Å². The predicted octanol–water partition coefficient (Wildman–Crippen LogP) is 2.29. The van der Waals surface area contributed by atoms with Gasteiger partial charge in [-0.25, -0.2) is 4.79 Å². The van der Waals surface area contributed by atoms with Gasteiger partial charge in [0.2, 0.25) is 0 Å². The molecule has 0 amide bonds. The Kier molecular flexibility index (Phi) is 6.43. The van der Waals surface area contributed by atoms with Crippen molar-refractivity contribution in [1.82, 2.24) is 0 Å². The van der Waals surface area contributed by atoms with E-state index in [0.29, 0.717) is 12.6 Å². The van der Waals surface area contributed by atoms with E-state index in [1.165, 1.54) is 12.8 Å². The number of esters is 1. The Morgan fingerprint density at radius 2 is 2.00 bits per heavy atom. The van der Waals surface area contributed by atoms with Gasteiger partial charge in [0.1, 0.15) is 5.70 Å². The molecule has 0 saturated heterocycles. The molecular formula is C17H29N3O2. The van der Waals surface area contributed by atoms with E-state index in [1.54, 1.807) is 6.92 Å². The zero-order valence-electron chi connectivity index (χ0n) is 13.6. The highest BCUT2D eigenvalue weighted by Gasteiger charge is 2.23. The molecule has 2 rings (SSSR count). The van der Waals surface area contributed by atoms with Crippen LogP contribution in [0.3, 0.4) is 0 Å². The highest BCUT2D eigenvalue weighted by molar-refractivity contribution is 6.07. The first-order chi connectivity index (χ1) is 10.6. The molecule has 4 N–H and O–H groups in total. The summed E-state index contributed by atoms with van der Waals surface area (Å²) in [5, 5.41) is 0. The van der Waals surface area contributed by atoms with Crippen LogP contribution in [-0.4, -0.2) is 30.9 Å². The number of aliphatic imine (C=N–C) groups is 1. The Morgan fingerprint density at radius 1 is 1.27 bits per heavy atom. The fourth-order valence-corrected chi connectivity index (χ4v) is 3.38. The van der Waals surface area contributed by atoms with Gasteiger partial charge in [-0.15, -0.1) is 0 Å². The van der Waals surface area contributed by atoms with Gasteiger partial charge in [-0.3, -0.25) is 4.99 Å². The van der Waals surface area contributed by atoms with Crippen LogP contribution in [0.1, 0.15) is 58.3 Å². The van der Waals surface area contributed by atoms with E-state index < -0.39 is 5.97 Å². The van der Waals surface area contributed by atoms with Crippen molar-refractivity contribution in [2.75, 3.05) is 13.2 Å². The number of nitrogens with two attached hydrogens (primary N) is 2. The van der Waals surface area contributed by atoms with Crippen LogP contribution in [0.25, 0.3) is 0 Å². The van der Waals surface area contributed by atoms with Crippen molar-refractivity contribution in [3.05, 3.63) is 11.3 Å². The molecule has 0 bridgehead atoms. The number of carbonyl (C=O) groups is 1. The lowest BCUT2D eigenvalue weighted by atomic mass is 9.84. The molecule has 0 spiro atoms. The van der Waals surface area contributed by atoms with Crippen LogP contribution in [0.5, 0.6) is 0 Å². The summed E-state index contributed by atoms with van der Waals surface area (Å²) in [4.78, 5) is 16.5. The van der Waals surface area contributed by atoms with Crippen LogP contribution in [-0.2, 0) is 9.53 Å². The molecule has 0 aliphatic heterocycles. The quantitative estimate of drug-likeness (QED) is 0.602. The van der Waals surface area contributed by atoms with Crippen molar-refractivity contribution in [1.29, 1.82) is 0 Å². The largest absolute Gasteiger partial charge is 0.461 e. The SMILES string of the molecule is CCOC(=O)/C(N)=C1\CCCC1=NCCC1CCC(N)CC1. The summed E-state index contributed by atoms with van der Waals surface area (Å²) in [6.07, 6.45) is 8.62. The van der Waals surface area contributed by atoms with E-state index in [4.69, 9.17) is 21.2 Å². The van der Waals surface area contributed by atoms with Crippen molar-refractivity contribution in [2.24, 2.45) is 22.4 Å². The summed E-state index contributed by atoms with van der Waals surface area (Å²) in [6, 6.07) is 0.399. The van der Waals surface area contributed by atoms with Gasteiger partial charge in [-0.1, -0.05) is 0 Å². The van der Waals surface area contributed by atoms with Gasteiger partial charge in [0.25, 0.3) is 0 Å². The fourth-order valence-electron chi connectivity index (χ4n) is 3.38. The van der Waals surface area contributed by atoms with Crippen molar-refractivity contribution in [3.63, 3.8) is 0 Å². The zero-order chi connectivity index (χ0) is 15.9. The van der Waals surface area contributed by atoms with E-state index in [-0.39, 0.29) is 5.70 Å². The maximum Gasteiger partial charge on any atom is 0.354 e. The molecular weight excluding hydrogens is 278 g/mol. The Labute approximate surface area is 133 Å². The third-order valence-electron chi connectivity index (χ3n) is 4.74. The van der Waals surface area contributed by atoms with E-state index in [9.17, 15) is 4.79 Å². The van der Waals surface area contributed by atoms with Crippen molar-refractivity contribution in [2.45, 2.75) is 64.3 Å². The number of hydrogen-bond donors (Lipinski definition) is 2. The van der Waals surface area contributed by atoms with E-state index in [1.807, 2.05) is 0 Å². The maximum atomic E-state index is 11.8. The molecule has 0 aromatic carbocycles. The third-order valence-corrected chi connectivity index (χ3v) is 4.74. The number of rotatable bonds is 5. The molecule has 5 nitrogen and oxygen atoms in total. The predicted molar refractivity (Wildman–Crippen MR) is 88.5 cm³/mol. The van der Waals surface area contributed by atoms with E-state index in [0.717, 1.165) is 62.3 Å². The lowest BCUT2D eigenvalue weighted by Gasteiger charge is -2.25. The second-order valence-electron chi connectivity index (χ2n) is 6.36. The van der Waals surface area contributed by atoms with Gasteiger partial charge in [0, 0.05) is 23.9 Å².